The Morgan fingerprint density at radius 1 is 1.08 bits per heavy atom. The first kappa shape index (κ1) is 18.3. The predicted octanol–water partition coefficient (Wildman–Crippen LogP) is 4.02. The number of halogens is 1. The lowest BCUT2D eigenvalue weighted by Crippen LogP contribution is -2.23. The van der Waals surface area contributed by atoms with Crippen LogP contribution in [0.15, 0.2) is 59.5 Å². The summed E-state index contributed by atoms with van der Waals surface area (Å²) in [5.74, 6) is 7.06. The number of para-hydroxylation sites is 1. The highest BCUT2D eigenvalue weighted by atomic mass is 35.5. The topological polar surface area (TPSA) is 38.3 Å². The third-order valence-electron chi connectivity index (χ3n) is 2.98. The zero-order valence-corrected chi connectivity index (χ0v) is 14.7. The average Bonchev–Trinajstić information content (AvgIpc) is 2.60. The highest BCUT2D eigenvalue weighted by molar-refractivity contribution is 7.99. The second-order valence-electron chi connectivity index (χ2n) is 4.76. The molecule has 0 unspecified atom stereocenters. The van der Waals surface area contributed by atoms with Gasteiger partial charge in [0.15, 0.2) is 0 Å². The number of amides is 1. The van der Waals surface area contributed by atoms with E-state index >= 15 is 0 Å². The van der Waals surface area contributed by atoms with Gasteiger partial charge in [-0.15, -0.1) is 11.8 Å². The van der Waals surface area contributed by atoms with Gasteiger partial charge in [0.1, 0.15) is 12.4 Å². The Bertz CT molecular complexity index is 710. The first-order valence-corrected chi connectivity index (χ1v) is 8.89. The van der Waals surface area contributed by atoms with Crippen molar-refractivity contribution in [1.29, 1.82) is 0 Å². The molecule has 2 aromatic rings. The summed E-state index contributed by atoms with van der Waals surface area (Å²) in [7, 11) is 0. The summed E-state index contributed by atoms with van der Waals surface area (Å²) in [6.07, 6.45) is 0.470. The molecule has 1 amide bonds. The Hall–Kier alpha value is -2.09. The fourth-order valence-corrected chi connectivity index (χ4v) is 2.86. The Morgan fingerprint density at radius 2 is 1.83 bits per heavy atom. The Morgan fingerprint density at radius 3 is 2.62 bits per heavy atom. The Balaban J connectivity index is 1.57. The number of rotatable bonds is 7. The molecule has 24 heavy (non-hydrogen) atoms. The van der Waals surface area contributed by atoms with E-state index in [1.54, 1.807) is 23.9 Å². The van der Waals surface area contributed by atoms with Crippen molar-refractivity contribution in [3.05, 3.63) is 59.6 Å². The van der Waals surface area contributed by atoms with Crippen molar-refractivity contribution in [1.82, 2.24) is 5.32 Å². The molecule has 0 spiro atoms. The van der Waals surface area contributed by atoms with Crippen molar-refractivity contribution in [3.63, 3.8) is 0 Å². The van der Waals surface area contributed by atoms with Crippen LogP contribution in [-0.4, -0.2) is 24.8 Å². The number of hydrogen-bond donors (Lipinski definition) is 1. The van der Waals surface area contributed by atoms with E-state index in [2.05, 4.69) is 17.2 Å². The summed E-state index contributed by atoms with van der Waals surface area (Å²) >= 11 is 7.63. The fraction of sp³-hybridized carbons (Fsp3) is 0.211. The van der Waals surface area contributed by atoms with Gasteiger partial charge >= 0.3 is 0 Å². The van der Waals surface area contributed by atoms with Crippen LogP contribution in [0.3, 0.4) is 0 Å². The van der Waals surface area contributed by atoms with Gasteiger partial charge in [-0.2, -0.15) is 0 Å². The number of benzene rings is 2. The minimum absolute atomic E-state index is 0.000228. The van der Waals surface area contributed by atoms with Gasteiger partial charge < -0.3 is 10.1 Å². The van der Waals surface area contributed by atoms with E-state index < -0.39 is 0 Å². The van der Waals surface area contributed by atoms with Gasteiger partial charge in [0.2, 0.25) is 5.91 Å². The molecule has 3 nitrogen and oxygen atoms in total. The summed E-state index contributed by atoms with van der Waals surface area (Å²) < 4.78 is 5.44. The molecular formula is C19H18ClNO2S. The van der Waals surface area contributed by atoms with Gasteiger partial charge in [0, 0.05) is 17.1 Å². The maximum absolute atomic E-state index is 11.7. The number of carbonyl (C=O) groups excluding carboxylic acids is 1. The molecular weight excluding hydrogens is 342 g/mol. The highest BCUT2D eigenvalue weighted by Crippen LogP contribution is 2.22. The lowest BCUT2D eigenvalue weighted by atomic mass is 10.3. The van der Waals surface area contributed by atoms with Crippen molar-refractivity contribution in [2.24, 2.45) is 0 Å². The van der Waals surface area contributed by atoms with Crippen LogP contribution >= 0.6 is 23.4 Å². The first-order valence-electron chi connectivity index (χ1n) is 7.53. The van der Waals surface area contributed by atoms with E-state index in [0.717, 1.165) is 5.75 Å². The zero-order valence-electron chi connectivity index (χ0n) is 13.1. The van der Waals surface area contributed by atoms with E-state index in [0.29, 0.717) is 23.7 Å². The molecule has 5 heteroatoms. The van der Waals surface area contributed by atoms with Crippen LogP contribution in [0.1, 0.15) is 6.42 Å². The molecule has 0 aliphatic carbocycles. The molecule has 0 saturated heterocycles. The van der Waals surface area contributed by atoms with E-state index in [4.69, 9.17) is 16.3 Å². The molecule has 0 aromatic heterocycles. The maximum Gasteiger partial charge on any atom is 0.221 e. The van der Waals surface area contributed by atoms with Crippen molar-refractivity contribution in [3.8, 4) is 17.6 Å². The summed E-state index contributed by atoms with van der Waals surface area (Å²) in [5.41, 5.74) is 0. The second-order valence-corrected chi connectivity index (χ2v) is 6.34. The normalized spacial score (nSPS) is 9.71. The van der Waals surface area contributed by atoms with Crippen molar-refractivity contribution in [2.75, 3.05) is 18.9 Å². The van der Waals surface area contributed by atoms with Crippen LogP contribution in [0.5, 0.6) is 5.75 Å². The maximum atomic E-state index is 11.7. The molecule has 0 heterocycles. The van der Waals surface area contributed by atoms with Crippen molar-refractivity contribution >= 4 is 29.3 Å². The fourth-order valence-electron chi connectivity index (χ4n) is 1.80. The van der Waals surface area contributed by atoms with Gasteiger partial charge in [-0.25, -0.2) is 0 Å². The van der Waals surface area contributed by atoms with Gasteiger partial charge in [0.25, 0.3) is 0 Å². The minimum Gasteiger partial charge on any atom is -0.479 e. The van der Waals surface area contributed by atoms with E-state index in [1.165, 1.54) is 4.90 Å². The number of hydrogen-bond acceptors (Lipinski definition) is 3. The lowest BCUT2D eigenvalue weighted by Gasteiger charge is -2.03. The third-order valence-corrected chi connectivity index (χ3v) is 4.30. The molecule has 0 saturated carbocycles. The SMILES string of the molecule is O=C(CCSc1ccccc1)NCC#CCOc1ccccc1Cl. The monoisotopic (exact) mass is 359 g/mol. The first-order chi connectivity index (χ1) is 11.8. The second kappa shape index (κ2) is 10.6. The van der Waals surface area contributed by atoms with Gasteiger partial charge in [0.05, 0.1) is 11.6 Å². The van der Waals surface area contributed by atoms with Crippen LogP contribution in [-0.2, 0) is 4.79 Å². The van der Waals surface area contributed by atoms with Crippen LogP contribution < -0.4 is 10.1 Å². The average molecular weight is 360 g/mol. The predicted molar refractivity (Wildman–Crippen MR) is 99.5 cm³/mol. The van der Waals surface area contributed by atoms with Gasteiger partial charge in [-0.05, 0) is 24.3 Å². The van der Waals surface area contributed by atoms with Gasteiger partial charge in [-0.1, -0.05) is 53.8 Å². The molecule has 0 atom stereocenters. The number of nitrogens with one attached hydrogen (secondary N) is 1. The molecule has 0 aliphatic rings. The minimum atomic E-state index is -0.000228. The Kier molecular flexibility index (Phi) is 8.09. The number of carbonyl (C=O) groups is 1. The quantitative estimate of drug-likeness (QED) is 0.599. The van der Waals surface area contributed by atoms with E-state index in [1.807, 2.05) is 42.5 Å². The van der Waals surface area contributed by atoms with Gasteiger partial charge in [-0.3, -0.25) is 4.79 Å². The Labute approximate surface area is 151 Å². The summed E-state index contributed by atoms with van der Waals surface area (Å²) in [6.45, 7) is 0.560. The lowest BCUT2D eigenvalue weighted by molar-refractivity contribution is -0.120. The number of thioether (sulfide) groups is 1. The van der Waals surface area contributed by atoms with Crippen molar-refractivity contribution in [2.45, 2.75) is 11.3 Å². The molecule has 0 bridgehead atoms. The summed E-state index contributed by atoms with van der Waals surface area (Å²) in [5, 5.41) is 3.33. The van der Waals surface area contributed by atoms with Crippen molar-refractivity contribution < 1.29 is 9.53 Å². The standard InChI is InChI=1S/C19H18ClNO2S/c20-17-10-4-5-11-18(17)23-14-7-6-13-21-19(22)12-15-24-16-8-2-1-3-9-16/h1-5,8-11H,12-15H2,(H,21,22). The zero-order chi connectivity index (χ0) is 17.0. The molecule has 0 radical (unpaired) electrons. The largest absolute Gasteiger partial charge is 0.479 e. The molecule has 1 N–H and O–H groups in total. The molecule has 2 aromatic carbocycles. The number of ether oxygens (including phenoxy) is 1. The molecule has 0 fully saturated rings. The third kappa shape index (κ3) is 6.99. The summed E-state index contributed by atoms with van der Waals surface area (Å²) in [6, 6.07) is 17.3. The molecule has 0 aliphatic heterocycles. The smallest absolute Gasteiger partial charge is 0.221 e. The van der Waals surface area contributed by atoms with Crippen LogP contribution in [0.4, 0.5) is 0 Å². The molecule has 124 valence electrons. The highest BCUT2D eigenvalue weighted by Gasteiger charge is 2.00. The van der Waals surface area contributed by atoms with Crippen LogP contribution in [0.25, 0.3) is 0 Å². The molecule has 2 rings (SSSR count). The van der Waals surface area contributed by atoms with E-state index in [-0.39, 0.29) is 12.5 Å². The summed E-state index contributed by atoms with van der Waals surface area (Å²) in [4.78, 5) is 12.9. The van der Waals surface area contributed by atoms with Crippen LogP contribution in [0.2, 0.25) is 5.02 Å². The van der Waals surface area contributed by atoms with E-state index in [9.17, 15) is 4.79 Å². The van der Waals surface area contributed by atoms with Crippen LogP contribution in [0, 0.1) is 11.8 Å².